The fourth-order valence-corrected chi connectivity index (χ4v) is 1.95. The Hall–Kier alpha value is -1.30. The number of rotatable bonds is 5. The Morgan fingerprint density at radius 2 is 2.37 bits per heavy atom. The first-order valence-corrected chi connectivity index (χ1v) is 6.01. The van der Waals surface area contributed by atoms with Crippen LogP contribution in [0.5, 0.6) is 5.75 Å². The van der Waals surface area contributed by atoms with Gasteiger partial charge in [-0.3, -0.25) is 4.79 Å². The van der Waals surface area contributed by atoms with Crippen LogP contribution in [-0.2, 0) is 16.0 Å². The zero-order valence-corrected chi connectivity index (χ0v) is 11.7. The zero-order valence-electron chi connectivity index (χ0n) is 10.8. The van der Waals surface area contributed by atoms with E-state index >= 15 is 0 Å². The highest BCUT2D eigenvalue weighted by Crippen LogP contribution is 2.27. The van der Waals surface area contributed by atoms with Gasteiger partial charge >= 0.3 is 0 Å². The van der Waals surface area contributed by atoms with Crippen LogP contribution in [0.3, 0.4) is 0 Å². The van der Waals surface area contributed by atoms with E-state index in [1.54, 1.807) is 7.11 Å². The first-order chi connectivity index (χ1) is 8.72. The normalized spacial score (nSPS) is 14.0. The van der Waals surface area contributed by atoms with Crippen molar-refractivity contribution in [1.29, 1.82) is 0 Å². The molecule has 1 aromatic carbocycles. The standard InChI is InChI=1S/C13H18N2O3.ClH/c1-17-11(8-14)7-13(16)15-10-2-3-12-9(6-10)4-5-18-12;/h2-3,6,11H,4-5,7-8,14H2,1H3,(H,15,16);1H. The molecule has 1 unspecified atom stereocenters. The molecule has 1 heterocycles. The van der Waals surface area contributed by atoms with Crippen molar-refractivity contribution in [3.8, 4) is 5.75 Å². The Kier molecular flexibility index (Phi) is 6.08. The van der Waals surface area contributed by atoms with Crippen molar-refractivity contribution in [3.05, 3.63) is 23.8 Å². The molecule has 0 spiro atoms. The van der Waals surface area contributed by atoms with Crippen molar-refractivity contribution in [1.82, 2.24) is 0 Å². The minimum atomic E-state index is -0.234. The summed E-state index contributed by atoms with van der Waals surface area (Å²) in [5.74, 6) is 0.816. The smallest absolute Gasteiger partial charge is 0.227 e. The topological polar surface area (TPSA) is 73.6 Å². The predicted octanol–water partition coefficient (Wildman–Crippen LogP) is 1.35. The highest BCUT2D eigenvalue weighted by atomic mass is 35.5. The number of anilines is 1. The van der Waals surface area contributed by atoms with E-state index in [2.05, 4.69) is 5.32 Å². The summed E-state index contributed by atoms with van der Waals surface area (Å²) in [6.45, 7) is 1.05. The van der Waals surface area contributed by atoms with Gasteiger partial charge in [-0.05, 0) is 23.8 Å². The largest absolute Gasteiger partial charge is 0.493 e. The van der Waals surface area contributed by atoms with E-state index < -0.39 is 0 Å². The Morgan fingerprint density at radius 3 is 3.05 bits per heavy atom. The lowest BCUT2D eigenvalue weighted by atomic mass is 10.1. The molecule has 5 nitrogen and oxygen atoms in total. The summed E-state index contributed by atoms with van der Waals surface area (Å²) >= 11 is 0. The number of carbonyl (C=O) groups is 1. The van der Waals surface area contributed by atoms with Gasteiger partial charge in [0.05, 0.1) is 19.1 Å². The van der Waals surface area contributed by atoms with Crippen molar-refractivity contribution >= 4 is 24.0 Å². The van der Waals surface area contributed by atoms with Crippen LogP contribution in [0.1, 0.15) is 12.0 Å². The molecule has 1 amide bonds. The van der Waals surface area contributed by atoms with Crippen LogP contribution in [0.15, 0.2) is 18.2 Å². The summed E-state index contributed by atoms with van der Waals surface area (Å²) in [5.41, 5.74) is 7.40. The summed E-state index contributed by atoms with van der Waals surface area (Å²) in [6.07, 6.45) is 0.922. The molecule has 0 saturated heterocycles. The number of methoxy groups -OCH3 is 1. The Labute approximate surface area is 118 Å². The summed E-state index contributed by atoms with van der Waals surface area (Å²) in [6, 6.07) is 5.67. The monoisotopic (exact) mass is 286 g/mol. The van der Waals surface area contributed by atoms with Crippen molar-refractivity contribution in [2.24, 2.45) is 5.73 Å². The van der Waals surface area contributed by atoms with Gasteiger partial charge in [0, 0.05) is 25.8 Å². The van der Waals surface area contributed by atoms with Crippen LogP contribution in [0.4, 0.5) is 5.69 Å². The Bertz CT molecular complexity index is 436. The molecular weight excluding hydrogens is 268 g/mol. The van der Waals surface area contributed by atoms with E-state index in [4.69, 9.17) is 15.2 Å². The molecule has 0 aromatic heterocycles. The Morgan fingerprint density at radius 1 is 1.58 bits per heavy atom. The molecule has 0 aliphatic carbocycles. The van der Waals surface area contributed by atoms with Crippen LogP contribution in [0.25, 0.3) is 0 Å². The quantitative estimate of drug-likeness (QED) is 0.857. The maximum Gasteiger partial charge on any atom is 0.227 e. The van der Waals surface area contributed by atoms with Crippen LogP contribution in [0, 0.1) is 0 Å². The van der Waals surface area contributed by atoms with Crippen LogP contribution in [0.2, 0.25) is 0 Å². The summed E-state index contributed by atoms with van der Waals surface area (Å²) < 4.78 is 10.5. The molecular formula is C13H19ClN2O3. The van der Waals surface area contributed by atoms with E-state index in [1.807, 2.05) is 18.2 Å². The number of amides is 1. The number of hydrogen-bond donors (Lipinski definition) is 2. The number of nitrogens with one attached hydrogen (secondary N) is 1. The van der Waals surface area contributed by atoms with E-state index in [0.29, 0.717) is 13.2 Å². The van der Waals surface area contributed by atoms with Gasteiger partial charge in [-0.2, -0.15) is 0 Å². The number of fused-ring (bicyclic) bond motifs is 1. The van der Waals surface area contributed by atoms with Crippen molar-refractivity contribution in [2.75, 3.05) is 25.6 Å². The average molecular weight is 287 g/mol. The van der Waals surface area contributed by atoms with Gasteiger partial charge in [0.2, 0.25) is 5.91 Å². The second kappa shape index (κ2) is 7.33. The molecule has 1 aromatic rings. The maximum atomic E-state index is 11.8. The first-order valence-electron chi connectivity index (χ1n) is 6.01. The fraction of sp³-hybridized carbons (Fsp3) is 0.462. The summed E-state index contributed by atoms with van der Waals surface area (Å²) in [5, 5.41) is 2.84. The van der Waals surface area contributed by atoms with Crippen LogP contribution in [-0.4, -0.2) is 32.3 Å². The third-order valence-electron chi connectivity index (χ3n) is 2.98. The van der Waals surface area contributed by atoms with Gasteiger partial charge in [0.1, 0.15) is 5.75 Å². The SMILES string of the molecule is COC(CN)CC(=O)Nc1ccc2c(c1)CCO2.Cl. The van der Waals surface area contributed by atoms with E-state index in [1.165, 1.54) is 0 Å². The van der Waals surface area contributed by atoms with E-state index in [0.717, 1.165) is 23.4 Å². The van der Waals surface area contributed by atoms with E-state index in [-0.39, 0.29) is 30.8 Å². The molecule has 0 fully saturated rings. The van der Waals surface area contributed by atoms with Gasteiger partial charge < -0.3 is 20.5 Å². The van der Waals surface area contributed by atoms with E-state index in [9.17, 15) is 4.79 Å². The molecule has 0 bridgehead atoms. The lowest BCUT2D eigenvalue weighted by Crippen LogP contribution is -2.28. The average Bonchev–Trinajstić information content (AvgIpc) is 2.83. The molecule has 19 heavy (non-hydrogen) atoms. The molecule has 1 aliphatic heterocycles. The van der Waals surface area contributed by atoms with Gasteiger partial charge in [-0.1, -0.05) is 0 Å². The lowest BCUT2D eigenvalue weighted by Gasteiger charge is -2.13. The van der Waals surface area contributed by atoms with Crippen LogP contribution >= 0.6 is 12.4 Å². The molecule has 1 atom stereocenters. The first kappa shape index (κ1) is 15.8. The molecule has 3 N–H and O–H groups in total. The fourth-order valence-electron chi connectivity index (χ4n) is 1.95. The molecule has 2 rings (SSSR count). The van der Waals surface area contributed by atoms with Crippen molar-refractivity contribution in [3.63, 3.8) is 0 Å². The van der Waals surface area contributed by atoms with Crippen molar-refractivity contribution < 1.29 is 14.3 Å². The Balaban J connectivity index is 0.00000180. The highest BCUT2D eigenvalue weighted by molar-refractivity contribution is 5.91. The molecule has 0 radical (unpaired) electrons. The van der Waals surface area contributed by atoms with Gasteiger partial charge in [-0.25, -0.2) is 0 Å². The third kappa shape index (κ3) is 4.09. The van der Waals surface area contributed by atoms with Gasteiger partial charge in [0.25, 0.3) is 0 Å². The zero-order chi connectivity index (χ0) is 13.0. The maximum absolute atomic E-state index is 11.8. The summed E-state index contributed by atoms with van der Waals surface area (Å²) in [4.78, 5) is 11.8. The van der Waals surface area contributed by atoms with Crippen LogP contribution < -0.4 is 15.8 Å². The molecule has 106 valence electrons. The number of ether oxygens (including phenoxy) is 2. The predicted molar refractivity (Wildman–Crippen MR) is 76.0 cm³/mol. The lowest BCUT2D eigenvalue weighted by molar-refractivity contribution is -0.118. The molecule has 6 heteroatoms. The third-order valence-corrected chi connectivity index (χ3v) is 2.98. The number of nitrogens with two attached hydrogens (primary N) is 1. The molecule has 0 saturated carbocycles. The van der Waals surface area contributed by atoms with Crippen molar-refractivity contribution in [2.45, 2.75) is 18.9 Å². The van der Waals surface area contributed by atoms with Gasteiger partial charge in [0.15, 0.2) is 0 Å². The minimum absolute atomic E-state index is 0. The highest BCUT2D eigenvalue weighted by Gasteiger charge is 2.14. The second-order valence-corrected chi connectivity index (χ2v) is 4.27. The number of carbonyl (C=O) groups excluding carboxylic acids is 1. The number of halogens is 1. The summed E-state index contributed by atoms with van der Waals surface area (Å²) in [7, 11) is 1.55. The minimum Gasteiger partial charge on any atom is -0.493 e. The van der Waals surface area contributed by atoms with Gasteiger partial charge in [-0.15, -0.1) is 12.4 Å². The number of benzene rings is 1. The second-order valence-electron chi connectivity index (χ2n) is 4.27. The molecule has 1 aliphatic rings. The number of hydrogen-bond acceptors (Lipinski definition) is 4.